The Morgan fingerprint density at radius 3 is 1.08 bits per heavy atom. The number of nitrogens with zero attached hydrogens (tertiary/aromatic N) is 3. The minimum Gasteiger partial charge on any atom is -0.319 e. The average Bonchev–Trinajstić information content (AvgIpc) is 3.21. The highest BCUT2D eigenvalue weighted by Crippen LogP contribution is 2.73. The van der Waals surface area contributed by atoms with Gasteiger partial charge in [0.05, 0.1) is 0 Å². The van der Waals surface area contributed by atoms with E-state index in [1.54, 1.807) is 0 Å². The normalized spacial score (nSPS) is 35.2. The van der Waals surface area contributed by atoms with Gasteiger partial charge in [-0.3, -0.25) is 4.35 Å². The molecule has 3 nitrogen and oxygen atoms in total. The fourth-order valence-corrected chi connectivity index (χ4v) is 15.1. The molecule has 2 heterocycles. The van der Waals surface area contributed by atoms with E-state index >= 15 is 0 Å². The first-order valence-corrected chi connectivity index (χ1v) is 14.0. The summed E-state index contributed by atoms with van der Waals surface area (Å²) >= 11 is 0. The van der Waals surface area contributed by atoms with Gasteiger partial charge in [0.2, 0.25) is 0 Å². The van der Waals surface area contributed by atoms with Crippen LogP contribution in [0, 0.1) is 0 Å². The molecule has 6 atom stereocenters. The molecule has 0 saturated carbocycles. The van der Waals surface area contributed by atoms with Gasteiger partial charge in [-0.05, 0) is 118 Å². The average molecular weight is 399 g/mol. The summed E-state index contributed by atoms with van der Waals surface area (Å²) in [6.07, 6.45) is 11.4. The molecule has 2 saturated heterocycles. The lowest BCUT2D eigenvalue weighted by molar-refractivity contribution is 0.484. The quantitative estimate of drug-likeness (QED) is 0.353. The van der Waals surface area contributed by atoms with Crippen LogP contribution < -0.4 is 0 Å². The van der Waals surface area contributed by atoms with Crippen LogP contribution in [0.1, 0.15) is 79.1 Å². The topological polar surface area (TPSA) is 9.72 Å². The summed E-state index contributed by atoms with van der Waals surface area (Å²) in [6.45, 7) is 9.81. The second kappa shape index (κ2) is 10.5. The second-order valence-corrected chi connectivity index (χ2v) is 14.4. The van der Waals surface area contributed by atoms with Gasteiger partial charge in [0.25, 0.3) is 0 Å². The van der Waals surface area contributed by atoms with Gasteiger partial charge >= 0.3 is 7.12 Å². The molecule has 0 bridgehead atoms. The van der Waals surface area contributed by atoms with E-state index in [1.165, 1.54) is 51.4 Å². The minimum atomic E-state index is -0.0368. The predicted octanol–water partition coefficient (Wildman–Crippen LogP) is 5.89. The summed E-state index contributed by atoms with van der Waals surface area (Å²) < 4.78 is 3.18. The molecule has 6 heteroatoms. The first-order chi connectivity index (χ1) is 12.4. The van der Waals surface area contributed by atoms with Crippen LogP contribution in [0.5, 0.6) is 0 Å². The van der Waals surface area contributed by atoms with Crippen LogP contribution in [0.25, 0.3) is 0 Å². The predicted molar refractivity (Wildman–Crippen MR) is 124 cm³/mol. The van der Waals surface area contributed by atoms with Crippen LogP contribution in [0.2, 0.25) is 0 Å². The van der Waals surface area contributed by atoms with Gasteiger partial charge in [-0.25, -0.2) is 0 Å². The van der Waals surface area contributed by atoms with Gasteiger partial charge in [0.15, 0.2) is 0 Å². The van der Waals surface area contributed by atoms with Crippen molar-refractivity contribution >= 4 is 23.3 Å². The molecule has 0 N–H and O–H groups in total. The SMILES string of the molecule is CCC1CC[C@@H](CC)P1N(B(N(C)C)N(C)C)P1C(CC)CC[C@H]1CC. The van der Waals surface area contributed by atoms with Crippen molar-refractivity contribution in [3.05, 3.63) is 0 Å². The van der Waals surface area contributed by atoms with Gasteiger partial charge in [-0.2, -0.15) is 0 Å². The van der Waals surface area contributed by atoms with Crippen molar-refractivity contribution in [2.75, 3.05) is 28.2 Å². The highest BCUT2D eigenvalue weighted by Gasteiger charge is 2.51. The molecule has 2 fully saturated rings. The Labute approximate surface area is 167 Å². The summed E-state index contributed by atoms with van der Waals surface area (Å²) in [5, 5.41) is 0. The first-order valence-electron chi connectivity index (χ1n) is 11.1. The van der Waals surface area contributed by atoms with E-state index in [1.807, 2.05) is 0 Å². The summed E-state index contributed by atoms with van der Waals surface area (Å²) in [5.41, 5.74) is 3.82. The molecule has 0 spiro atoms. The van der Waals surface area contributed by atoms with Crippen LogP contribution in [-0.2, 0) is 0 Å². The molecule has 2 aliphatic rings. The van der Waals surface area contributed by atoms with Crippen molar-refractivity contribution in [1.82, 2.24) is 14.0 Å². The van der Waals surface area contributed by atoms with Crippen LogP contribution >= 0.6 is 16.1 Å². The molecule has 0 amide bonds. The van der Waals surface area contributed by atoms with Crippen molar-refractivity contribution in [3.63, 3.8) is 0 Å². The van der Waals surface area contributed by atoms with Crippen LogP contribution in [-0.4, -0.2) is 71.9 Å². The van der Waals surface area contributed by atoms with Gasteiger partial charge in [-0.1, -0.05) is 27.7 Å². The molecule has 0 aromatic heterocycles. The Hall–Kier alpha value is 0.805. The summed E-state index contributed by atoms with van der Waals surface area (Å²) in [6, 6.07) is 0. The molecule has 0 aromatic rings. The zero-order chi connectivity index (χ0) is 19.4. The fourth-order valence-electron chi connectivity index (χ4n) is 5.36. The Morgan fingerprint density at radius 1 is 0.615 bits per heavy atom. The summed E-state index contributed by atoms with van der Waals surface area (Å²) in [7, 11) is 9.61. The van der Waals surface area contributed by atoms with Crippen LogP contribution in [0.3, 0.4) is 0 Å². The lowest BCUT2D eigenvalue weighted by Gasteiger charge is -2.50. The largest absolute Gasteiger partial charge is 0.410 e. The fraction of sp³-hybridized carbons (Fsp3) is 1.00. The maximum Gasteiger partial charge on any atom is 0.410 e. The van der Waals surface area contributed by atoms with Gasteiger partial charge < -0.3 is 9.62 Å². The molecule has 152 valence electrons. The number of hydrogen-bond acceptors (Lipinski definition) is 3. The molecule has 0 radical (unpaired) electrons. The van der Waals surface area contributed by atoms with E-state index in [2.05, 4.69) is 69.9 Å². The molecular weight excluding hydrogens is 355 g/mol. The van der Waals surface area contributed by atoms with Crippen LogP contribution in [0.15, 0.2) is 0 Å². The van der Waals surface area contributed by atoms with Gasteiger partial charge in [0.1, 0.15) is 0 Å². The van der Waals surface area contributed by atoms with Gasteiger partial charge in [-0.15, -0.1) is 0 Å². The van der Waals surface area contributed by atoms with E-state index < -0.39 is 0 Å². The lowest BCUT2D eigenvalue weighted by atomic mass is 9.92. The molecular formula is C20H44BN3P2. The lowest BCUT2D eigenvalue weighted by Crippen LogP contribution is -2.56. The second-order valence-electron chi connectivity index (χ2n) is 8.76. The van der Waals surface area contributed by atoms with E-state index in [0.717, 1.165) is 22.6 Å². The third-order valence-corrected chi connectivity index (χ3v) is 14.7. The smallest absolute Gasteiger partial charge is 0.319 e. The third-order valence-electron chi connectivity index (χ3n) is 6.65. The van der Waals surface area contributed by atoms with Crippen LogP contribution in [0.4, 0.5) is 0 Å². The highest BCUT2D eigenvalue weighted by molar-refractivity contribution is 7.74. The molecule has 26 heavy (non-hydrogen) atoms. The zero-order valence-corrected chi connectivity index (χ0v) is 20.6. The summed E-state index contributed by atoms with van der Waals surface area (Å²) in [5.74, 6) is 0. The van der Waals surface area contributed by atoms with Crippen molar-refractivity contribution in [2.45, 2.75) is 102 Å². The standard InChI is InChI=1S/C20H44BN3P2/c1-9-17-13-14-18(10-2)25(17)24(21(22(5)6)23(7)8)26-19(11-3)15-16-20(26)12-4/h17-20H,9-16H2,1-8H3/t17-,18?,19-,20?,25?,26?/m1/s1. The minimum absolute atomic E-state index is 0.0368. The highest BCUT2D eigenvalue weighted by atomic mass is 31.2. The van der Waals surface area contributed by atoms with E-state index in [4.69, 9.17) is 0 Å². The summed E-state index contributed by atoms with van der Waals surface area (Å²) in [4.78, 5) is 5.00. The Morgan fingerprint density at radius 2 is 0.885 bits per heavy atom. The zero-order valence-electron chi connectivity index (χ0n) is 18.8. The third kappa shape index (κ3) is 4.68. The van der Waals surface area contributed by atoms with E-state index in [0.29, 0.717) is 7.12 Å². The Bertz CT molecular complexity index is 364. The molecule has 2 aliphatic heterocycles. The van der Waals surface area contributed by atoms with E-state index in [-0.39, 0.29) is 16.1 Å². The molecule has 2 rings (SSSR count). The maximum absolute atomic E-state index is 3.18. The maximum atomic E-state index is 3.18. The Balaban J connectivity index is 2.50. The van der Waals surface area contributed by atoms with Crippen molar-refractivity contribution in [1.29, 1.82) is 0 Å². The van der Waals surface area contributed by atoms with Gasteiger partial charge in [0, 0.05) is 0 Å². The molecule has 0 aromatic carbocycles. The van der Waals surface area contributed by atoms with E-state index in [9.17, 15) is 0 Å². The first kappa shape index (κ1) is 23.1. The van der Waals surface area contributed by atoms with Crippen molar-refractivity contribution in [3.8, 4) is 0 Å². The monoisotopic (exact) mass is 399 g/mol. The van der Waals surface area contributed by atoms with Crippen molar-refractivity contribution < 1.29 is 0 Å². The number of rotatable bonds is 9. The van der Waals surface area contributed by atoms with Crippen molar-refractivity contribution in [2.24, 2.45) is 0 Å². The molecule has 0 aliphatic carbocycles. The Kier molecular flexibility index (Phi) is 9.36. The number of hydrogen-bond donors (Lipinski definition) is 0. The molecule has 4 unspecified atom stereocenters.